The molecule has 1 unspecified atom stereocenters. The Balaban J connectivity index is 1.52. The highest BCUT2D eigenvalue weighted by Crippen LogP contribution is 2.37. The molecule has 2 aliphatic rings. The zero-order valence-corrected chi connectivity index (χ0v) is 21.1. The Labute approximate surface area is 207 Å². The van der Waals surface area contributed by atoms with Crippen molar-refractivity contribution in [2.45, 2.75) is 102 Å². The van der Waals surface area contributed by atoms with Gasteiger partial charge in [0.1, 0.15) is 5.75 Å². The van der Waals surface area contributed by atoms with Crippen molar-refractivity contribution in [3.8, 4) is 5.75 Å². The molecular formula is C27H38N6O2. The molecule has 1 N–H and O–H groups in total. The maximum Gasteiger partial charge on any atom is 0.252 e. The van der Waals surface area contributed by atoms with Gasteiger partial charge in [-0.1, -0.05) is 45.4 Å². The average molecular weight is 479 g/mol. The molecule has 35 heavy (non-hydrogen) atoms. The minimum Gasteiger partial charge on any atom is -0.497 e. The van der Waals surface area contributed by atoms with Crippen LogP contribution in [0, 0.1) is 0 Å². The maximum absolute atomic E-state index is 13.2. The Morgan fingerprint density at radius 3 is 2.63 bits per heavy atom. The van der Waals surface area contributed by atoms with Crippen LogP contribution in [0.3, 0.4) is 0 Å². The van der Waals surface area contributed by atoms with Crippen molar-refractivity contribution in [1.29, 1.82) is 0 Å². The van der Waals surface area contributed by atoms with E-state index in [9.17, 15) is 4.79 Å². The van der Waals surface area contributed by atoms with Crippen molar-refractivity contribution in [2.75, 3.05) is 7.11 Å². The minimum absolute atomic E-state index is 0.0206. The third-order valence-corrected chi connectivity index (χ3v) is 7.97. The third-order valence-electron chi connectivity index (χ3n) is 7.97. The number of pyridine rings is 1. The highest BCUT2D eigenvalue weighted by Gasteiger charge is 2.34. The lowest BCUT2D eigenvalue weighted by Crippen LogP contribution is -2.39. The second kappa shape index (κ2) is 10.9. The summed E-state index contributed by atoms with van der Waals surface area (Å²) in [6.07, 6.45) is 12.9. The summed E-state index contributed by atoms with van der Waals surface area (Å²) in [7, 11) is 1.67. The molecule has 0 spiro atoms. The smallest absolute Gasteiger partial charge is 0.252 e. The van der Waals surface area contributed by atoms with E-state index in [1.54, 1.807) is 7.11 Å². The number of benzene rings is 1. The first-order chi connectivity index (χ1) is 17.2. The van der Waals surface area contributed by atoms with Crippen LogP contribution in [-0.4, -0.2) is 43.2 Å². The van der Waals surface area contributed by atoms with Crippen molar-refractivity contribution in [2.24, 2.45) is 0 Å². The van der Waals surface area contributed by atoms with E-state index in [-0.39, 0.29) is 11.6 Å². The van der Waals surface area contributed by atoms with E-state index in [4.69, 9.17) is 4.74 Å². The number of nitrogens with one attached hydrogen (secondary N) is 1. The molecule has 8 heteroatoms. The van der Waals surface area contributed by atoms with Gasteiger partial charge in [-0.2, -0.15) is 0 Å². The van der Waals surface area contributed by atoms with Crippen molar-refractivity contribution >= 4 is 10.9 Å². The molecule has 1 aromatic carbocycles. The lowest BCUT2D eigenvalue weighted by molar-refractivity contribution is 0.105. The van der Waals surface area contributed by atoms with Gasteiger partial charge in [-0.25, -0.2) is 4.68 Å². The van der Waals surface area contributed by atoms with Gasteiger partial charge in [-0.15, -0.1) is 5.10 Å². The highest BCUT2D eigenvalue weighted by molar-refractivity contribution is 5.80. The third kappa shape index (κ3) is 5.13. The molecule has 1 atom stereocenters. The standard InChI is InChI=1S/C27H38N6O2/c1-3-9-25(26-29-30-31-33(26)22-12-5-4-6-13-22)32(21-10-7-8-11-21)18-20-16-19-17-23(35-2)14-15-24(19)28-27(20)34/h14-17,21-22,25H,3-13,18H2,1-2H3,(H,28,34). The summed E-state index contributed by atoms with van der Waals surface area (Å²) in [5, 5.41) is 14.2. The van der Waals surface area contributed by atoms with Crippen molar-refractivity contribution in [1.82, 2.24) is 30.1 Å². The first kappa shape index (κ1) is 24.0. The number of tetrazole rings is 1. The van der Waals surface area contributed by atoms with Crippen LogP contribution in [0.1, 0.15) is 101 Å². The average Bonchev–Trinajstić information content (AvgIpc) is 3.59. The topological polar surface area (TPSA) is 88.9 Å². The zero-order valence-electron chi connectivity index (χ0n) is 21.1. The number of nitrogens with zero attached hydrogens (tertiary/aromatic N) is 5. The molecule has 2 heterocycles. The minimum atomic E-state index is -0.0206. The lowest BCUT2D eigenvalue weighted by atomic mass is 9.95. The summed E-state index contributed by atoms with van der Waals surface area (Å²) in [6.45, 7) is 2.82. The van der Waals surface area contributed by atoms with Gasteiger partial charge in [0.05, 0.1) is 19.2 Å². The molecule has 2 aliphatic carbocycles. The monoisotopic (exact) mass is 478 g/mol. The van der Waals surface area contributed by atoms with Crippen LogP contribution in [0.15, 0.2) is 29.1 Å². The Morgan fingerprint density at radius 1 is 1.11 bits per heavy atom. The van der Waals surface area contributed by atoms with Crippen LogP contribution >= 0.6 is 0 Å². The molecule has 2 fully saturated rings. The van der Waals surface area contributed by atoms with Crippen molar-refractivity contribution in [3.05, 3.63) is 46.0 Å². The largest absolute Gasteiger partial charge is 0.497 e. The van der Waals surface area contributed by atoms with Gasteiger partial charge < -0.3 is 9.72 Å². The number of methoxy groups -OCH3 is 1. The molecule has 0 radical (unpaired) electrons. The second-order valence-corrected chi connectivity index (χ2v) is 10.3. The van der Waals surface area contributed by atoms with Crippen LogP contribution in [0.2, 0.25) is 0 Å². The van der Waals surface area contributed by atoms with Crippen LogP contribution in [0.25, 0.3) is 10.9 Å². The van der Waals surface area contributed by atoms with Crippen LogP contribution in [-0.2, 0) is 6.54 Å². The quantitative estimate of drug-likeness (QED) is 0.448. The predicted octanol–water partition coefficient (Wildman–Crippen LogP) is 5.31. The van der Waals surface area contributed by atoms with E-state index in [2.05, 4.69) is 37.0 Å². The summed E-state index contributed by atoms with van der Waals surface area (Å²) in [6, 6.07) is 8.73. The second-order valence-electron chi connectivity index (χ2n) is 10.3. The van der Waals surface area contributed by atoms with Crippen LogP contribution in [0.4, 0.5) is 0 Å². The summed E-state index contributed by atoms with van der Waals surface area (Å²) in [4.78, 5) is 18.8. The normalized spacial score (nSPS) is 18.5. The van der Waals surface area contributed by atoms with E-state index < -0.39 is 0 Å². The number of rotatable bonds is 9. The lowest BCUT2D eigenvalue weighted by Gasteiger charge is -2.36. The fourth-order valence-electron chi connectivity index (χ4n) is 6.12. The number of aromatic nitrogens is 5. The molecule has 2 aromatic heterocycles. The Bertz CT molecular complexity index is 1180. The predicted molar refractivity (Wildman–Crippen MR) is 137 cm³/mol. The van der Waals surface area contributed by atoms with Crippen LogP contribution < -0.4 is 10.3 Å². The number of aromatic amines is 1. The van der Waals surface area contributed by atoms with Crippen LogP contribution in [0.5, 0.6) is 5.75 Å². The number of H-pyrrole nitrogens is 1. The first-order valence-corrected chi connectivity index (χ1v) is 13.4. The number of hydrogen-bond donors (Lipinski definition) is 1. The van der Waals surface area contributed by atoms with E-state index in [1.807, 2.05) is 24.3 Å². The molecule has 8 nitrogen and oxygen atoms in total. The van der Waals surface area contributed by atoms with Gasteiger partial charge in [0, 0.05) is 29.1 Å². The van der Waals surface area contributed by atoms with Gasteiger partial charge in [-0.3, -0.25) is 9.69 Å². The van der Waals surface area contributed by atoms with Gasteiger partial charge in [-0.05, 0) is 66.8 Å². The van der Waals surface area contributed by atoms with Gasteiger partial charge >= 0.3 is 0 Å². The van der Waals surface area contributed by atoms with E-state index in [0.29, 0.717) is 18.6 Å². The highest BCUT2D eigenvalue weighted by atomic mass is 16.5. The molecule has 188 valence electrons. The van der Waals surface area contributed by atoms with E-state index in [1.165, 1.54) is 32.1 Å². The zero-order chi connectivity index (χ0) is 24.2. The summed E-state index contributed by atoms with van der Waals surface area (Å²) in [5.74, 6) is 1.77. The van der Waals surface area contributed by atoms with Crippen molar-refractivity contribution in [3.63, 3.8) is 0 Å². The van der Waals surface area contributed by atoms with E-state index >= 15 is 0 Å². The number of ether oxygens (including phenoxy) is 1. The number of fused-ring (bicyclic) bond motifs is 1. The molecule has 2 saturated carbocycles. The maximum atomic E-state index is 13.2. The summed E-state index contributed by atoms with van der Waals surface area (Å²) < 4.78 is 7.54. The molecule has 3 aromatic rings. The molecule has 0 amide bonds. The summed E-state index contributed by atoms with van der Waals surface area (Å²) in [5.41, 5.74) is 1.60. The molecule has 5 rings (SSSR count). The fourth-order valence-corrected chi connectivity index (χ4v) is 6.12. The molecule has 0 bridgehead atoms. The van der Waals surface area contributed by atoms with Gasteiger partial charge in [0.2, 0.25) is 0 Å². The number of hydrogen-bond acceptors (Lipinski definition) is 6. The van der Waals surface area contributed by atoms with Gasteiger partial charge in [0.25, 0.3) is 5.56 Å². The van der Waals surface area contributed by atoms with Gasteiger partial charge in [0.15, 0.2) is 5.82 Å². The fraction of sp³-hybridized carbons (Fsp3) is 0.630. The Kier molecular flexibility index (Phi) is 7.46. The van der Waals surface area contributed by atoms with Crippen molar-refractivity contribution < 1.29 is 4.74 Å². The molecule has 0 aliphatic heterocycles. The molecule has 0 saturated heterocycles. The van der Waals surface area contributed by atoms with E-state index in [0.717, 1.165) is 66.6 Å². The SMILES string of the molecule is CCCC(c1nnnn1C1CCCCC1)N(Cc1cc2cc(OC)ccc2[nH]c1=O)C1CCCC1. The Hall–Kier alpha value is -2.74. The summed E-state index contributed by atoms with van der Waals surface area (Å²) >= 11 is 0. The first-order valence-electron chi connectivity index (χ1n) is 13.4. The molecular weight excluding hydrogens is 440 g/mol. The Morgan fingerprint density at radius 2 is 1.89 bits per heavy atom.